The number of rotatable bonds is 7. The van der Waals surface area contributed by atoms with Gasteiger partial charge < -0.3 is 19.9 Å². The molecule has 176 valence electrons. The van der Waals surface area contributed by atoms with Crippen LogP contribution in [0.2, 0.25) is 0 Å². The summed E-state index contributed by atoms with van der Waals surface area (Å²) >= 11 is 0. The van der Waals surface area contributed by atoms with Crippen LogP contribution in [0.5, 0.6) is 0 Å². The molecule has 0 saturated heterocycles. The van der Waals surface area contributed by atoms with Crippen molar-refractivity contribution in [3.8, 4) is 11.4 Å². The van der Waals surface area contributed by atoms with E-state index in [-0.39, 0.29) is 24.1 Å². The van der Waals surface area contributed by atoms with Crippen LogP contribution in [0.25, 0.3) is 11.4 Å². The largest absolute Gasteiger partial charge is 0.383 e. The van der Waals surface area contributed by atoms with E-state index in [1.165, 1.54) is 18.3 Å². The van der Waals surface area contributed by atoms with Crippen LogP contribution in [0.15, 0.2) is 54.2 Å². The first kappa shape index (κ1) is 23.3. The van der Waals surface area contributed by atoms with Crippen molar-refractivity contribution < 1.29 is 18.7 Å². The van der Waals surface area contributed by atoms with Gasteiger partial charge in [0, 0.05) is 49.0 Å². The van der Waals surface area contributed by atoms with Crippen molar-refractivity contribution in [2.75, 3.05) is 19.0 Å². The number of ether oxygens (including phenoxy) is 1. The number of carbonyl (C=O) groups excluding carboxylic acids is 2. The lowest BCUT2D eigenvalue weighted by Gasteiger charge is -2.24. The van der Waals surface area contributed by atoms with Crippen molar-refractivity contribution in [1.82, 2.24) is 20.1 Å². The number of hydrogen-bond donors (Lipinski definition) is 2. The van der Waals surface area contributed by atoms with Crippen molar-refractivity contribution in [3.63, 3.8) is 0 Å². The van der Waals surface area contributed by atoms with Gasteiger partial charge in [-0.1, -0.05) is 24.3 Å². The molecule has 0 unspecified atom stereocenters. The second-order valence-corrected chi connectivity index (χ2v) is 8.17. The maximum absolute atomic E-state index is 13.4. The first-order valence-corrected chi connectivity index (χ1v) is 10.9. The Bertz CT molecular complexity index is 1250. The first-order valence-electron chi connectivity index (χ1n) is 10.9. The predicted molar refractivity (Wildman–Crippen MR) is 125 cm³/mol. The summed E-state index contributed by atoms with van der Waals surface area (Å²) in [6, 6.07) is 11.5. The van der Waals surface area contributed by atoms with Gasteiger partial charge in [0.15, 0.2) is 5.82 Å². The number of halogens is 1. The van der Waals surface area contributed by atoms with Gasteiger partial charge in [0.25, 0.3) is 5.91 Å². The van der Waals surface area contributed by atoms with Crippen molar-refractivity contribution in [1.29, 1.82) is 0 Å². The van der Waals surface area contributed by atoms with Crippen LogP contribution in [0.1, 0.15) is 29.3 Å². The number of carbonyl (C=O) groups is 2. The number of hydrogen-bond acceptors (Lipinski definition) is 5. The minimum Gasteiger partial charge on any atom is -0.383 e. The summed E-state index contributed by atoms with van der Waals surface area (Å²) in [7, 11) is 1.64. The Morgan fingerprint density at radius 2 is 1.97 bits per heavy atom. The topological polar surface area (TPSA) is 98.1 Å². The van der Waals surface area contributed by atoms with Gasteiger partial charge in [-0.3, -0.25) is 9.59 Å². The smallest absolute Gasteiger partial charge is 0.253 e. The molecule has 2 aromatic carbocycles. The van der Waals surface area contributed by atoms with E-state index in [9.17, 15) is 14.0 Å². The standard InChI is InChI=1S/C25H26FN5O3/c1-15-4-5-18(24-30-29-16(2)31(24)10-11-34-3)12-22(15)28-25(33)21-14-27-23(32)13-20(21)17-6-8-19(26)9-7-17/h4-9,12,14,20H,10-11,13H2,1-3H3,(H,27,32)(H,28,33)/t20-/m0/s1. The number of methoxy groups -OCH3 is 1. The van der Waals surface area contributed by atoms with Crippen molar-refractivity contribution >= 4 is 17.5 Å². The van der Waals surface area contributed by atoms with Gasteiger partial charge in [-0.25, -0.2) is 4.39 Å². The van der Waals surface area contributed by atoms with Gasteiger partial charge in [-0.2, -0.15) is 0 Å². The monoisotopic (exact) mass is 463 g/mol. The average Bonchev–Trinajstić information content (AvgIpc) is 3.19. The van der Waals surface area contributed by atoms with Crippen molar-refractivity contribution in [3.05, 3.63) is 77.0 Å². The number of benzene rings is 2. The van der Waals surface area contributed by atoms with Crippen LogP contribution < -0.4 is 10.6 Å². The van der Waals surface area contributed by atoms with E-state index < -0.39 is 5.92 Å². The molecule has 2 amide bonds. The van der Waals surface area contributed by atoms with Gasteiger partial charge in [0.05, 0.1) is 6.61 Å². The van der Waals surface area contributed by atoms with Gasteiger partial charge >= 0.3 is 0 Å². The molecular formula is C25H26FN5O3. The highest BCUT2D eigenvalue weighted by atomic mass is 19.1. The van der Waals surface area contributed by atoms with Gasteiger partial charge in [0.1, 0.15) is 11.6 Å². The lowest BCUT2D eigenvalue weighted by molar-refractivity contribution is -0.121. The molecule has 8 nitrogen and oxygen atoms in total. The molecule has 0 radical (unpaired) electrons. The summed E-state index contributed by atoms with van der Waals surface area (Å²) in [6.45, 7) is 4.90. The Labute approximate surface area is 196 Å². The predicted octanol–water partition coefficient (Wildman–Crippen LogP) is 3.47. The number of nitrogens with one attached hydrogen (secondary N) is 2. The van der Waals surface area contributed by atoms with Crippen LogP contribution in [0, 0.1) is 19.7 Å². The Morgan fingerprint density at radius 1 is 1.21 bits per heavy atom. The molecule has 1 aliphatic heterocycles. The zero-order valence-corrected chi connectivity index (χ0v) is 19.3. The van der Waals surface area contributed by atoms with Gasteiger partial charge in [-0.05, 0) is 43.2 Å². The quantitative estimate of drug-likeness (QED) is 0.559. The fraction of sp³-hybridized carbons (Fsp3) is 0.280. The SMILES string of the molecule is COCCn1c(C)nnc1-c1ccc(C)c(NC(=O)C2=CNC(=O)C[C@H]2c2ccc(F)cc2)c1. The summed E-state index contributed by atoms with van der Waals surface area (Å²) in [5.74, 6) is 0.0564. The van der Waals surface area contributed by atoms with E-state index in [2.05, 4.69) is 20.8 Å². The fourth-order valence-corrected chi connectivity index (χ4v) is 3.96. The third-order valence-corrected chi connectivity index (χ3v) is 5.89. The van der Waals surface area contributed by atoms with Gasteiger partial charge in [-0.15, -0.1) is 10.2 Å². The number of aryl methyl sites for hydroxylation is 2. The van der Waals surface area contributed by atoms with Crippen LogP contribution in [0.4, 0.5) is 10.1 Å². The summed E-state index contributed by atoms with van der Waals surface area (Å²) in [4.78, 5) is 25.3. The lowest BCUT2D eigenvalue weighted by Crippen LogP contribution is -2.32. The van der Waals surface area contributed by atoms with E-state index in [4.69, 9.17) is 4.74 Å². The number of anilines is 1. The minimum absolute atomic E-state index is 0.103. The van der Waals surface area contributed by atoms with E-state index in [0.717, 1.165) is 17.0 Å². The summed E-state index contributed by atoms with van der Waals surface area (Å²) in [6.07, 6.45) is 1.53. The maximum Gasteiger partial charge on any atom is 0.253 e. The maximum atomic E-state index is 13.4. The molecule has 2 heterocycles. The van der Waals surface area contributed by atoms with Crippen molar-refractivity contribution in [2.24, 2.45) is 0 Å². The van der Waals surface area contributed by atoms with E-state index in [1.54, 1.807) is 19.2 Å². The summed E-state index contributed by atoms with van der Waals surface area (Å²) in [5.41, 5.74) is 3.39. The first-order chi connectivity index (χ1) is 16.4. The Kier molecular flexibility index (Phi) is 6.83. The molecule has 0 spiro atoms. The Morgan fingerprint density at radius 3 is 2.71 bits per heavy atom. The lowest BCUT2D eigenvalue weighted by atomic mass is 9.86. The molecule has 0 bridgehead atoms. The number of aromatic nitrogens is 3. The Hall–Kier alpha value is -3.85. The third-order valence-electron chi connectivity index (χ3n) is 5.89. The number of amides is 2. The third kappa shape index (κ3) is 4.89. The minimum atomic E-state index is -0.474. The van der Waals surface area contributed by atoms with Gasteiger partial charge in [0.2, 0.25) is 5.91 Å². The Balaban J connectivity index is 1.62. The highest BCUT2D eigenvalue weighted by molar-refractivity contribution is 6.07. The van der Waals surface area contributed by atoms with Crippen molar-refractivity contribution in [2.45, 2.75) is 32.7 Å². The summed E-state index contributed by atoms with van der Waals surface area (Å²) < 4.78 is 20.6. The van der Waals surface area contributed by atoms with E-state index in [1.807, 2.05) is 36.6 Å². The second kappa shape index (κ2) is 9.96. The molecule has 1 aromatic heterocycles. The molecule has 1 atom stereocenters. The normalized spacial score (nSPS) is 15.6. The van der Waals surface area contributed by atoms with Crippen LogP contribution in [-0.4, -0.2) is 40.3 Å². The molecular weight excluding hydrogens is 437 g/mol. The van der Waals surface area contributed by atoms with Crippen LogP contribution in [0.3, 0.4) is 0 Å². The van der Waals surface area contributed by atoms with Crippen LogP contribution in [-0.2, 0) is 20.9 Å². The zero-order valence-electron chi connectivity index (χ0n) is 19.3. The highest BCUT2D eigenvalue weighted by Gasteiger charge is 2.29. The molecule has 0 aliphatic carbocycles. The van der Waals surface area contributed by atoms with E-state index >= 15 is 0 Å². The zero-order chi connectivity index (χ0) is 24.2. The second-order valence-electron chi connectivity index (χ2n) is 8.17. The summed E-state index contributed by atoms with van der Waals surface area (Å²) in [5, 5.41) is 14.1. The molecule has 2 N–H and O–H groups in total. The molecule has 9 heteroatoms. The molecule has 0 saturated carbocycles. The van der Waals surface area contributed by atoms with Crippen LogP contribution >= 0.6 is 0 Å². The molecule has 4 rings (SSSR count). The van der Waals surface area contributed by atoms with E-state index in [0.29, 0.717) is 35.8 Å². The fourth-order valence-electron chi connectivity index (χ4n) is 3.96. The highest BCUT2D eigenvalue weighted by Crippen LogP contribution is 2.32. The molecule has 34 heavy (non-hydrogen) atoms. The molecule has 0 fully saturated rings. The average molecular weight is 464 g/mol. The molecule has 3 aromatic rings. The number of nitrogens with zero attached hydrogens (tertiary/aromatic N) is 3. The molecule has 1 aliphatic rings.